The number of benzene rings is 1. The summed E-state index contributed by atoms with van der Waals surface area (Å²) in [5.74, 6) is -0.566. The van der Waals surface area contributed by atoms with Crippen molar-refractivity contribution >= 4 is 17.8 Å². The Labute approximate surface area is 155 Å². The van der Waals surface area contributed by atoms with Gasteiger partial charge in [-0.2, -0.15) is 0 Å². The van der Waals surface area contributed by atoms with E-state index in [4.69, 9.17) is 0 Å². The van der Waals surface area contributed by atoms with E-state index in [0.717, 1.165) is 18.4 Å². The minimum Gasteiger partial charge on any atom is -0.340 e. The van der Waals surface area contributed by atoms with Crippen LogP contribution >= 0.6 is 0 Å². The van der Waals surface area contributed by atoms with Gasteiger partial charge in [-0.1, -0.05) is 45.4 Å². The smallest absolute Gasteiger partial charge is 0.333 e. The van der Waals surface area contributed by atoms with Crippen molar-refractivity contribution in [1.29, 1.82) is 0 Å². The number of aryl methyl sites for hydroxylation is 1. The number of hydrazine groups is 1. The van der Waals surface area contributed by atoms with Gasteiger partial charge in [0.05, 0.1) is 0 Å². The largest absolute Gasteiger partial charge is 0.340 e. The maximum absolute atomic E-state index is 12.5. The van der Waals surface area contributed by atoms with Crippen LogP contribution in [0.25, 0.3) is 0 Å². The molecule has 0 aliphatic carbocycles. The first-order chi connectivity index (χ1) is 12.3. The Morgan fingerprint density at radius 2 is 1.77 bits per heavy atom. The van der Waals surface area contributed by atoms with E-state index in [2.05, 4.69) is 21.5 Å². The SMILES string of the molecule is CCCCNC(=O)NNC(=O)C(CC(C)C)NC(=O)c1ccccc1C. The fraction of sp³-hybridized carbons (Fsp3) is 0.526. The Morgan fingerprint density at radius 3 is 2.38 bits per heavy atom. The standard InChI is InChI=1S/C19H30N4O3/c1-5-6-11-20-19(26)23-22-18(25)16(12-13(2)3)21-17(24)15-10-8-7-9-14(15)4/h7-10,13,16H,5-6,11-12H2,1-4H3,(H,21,24)(H,22,25)(H2,20,23,26). The van der Waals surface area contributed by atoms with Crippen LogP contribution in [0.4, 0.5) is 4.79 Å². The number of hydrogen-bond donors (Lipinski definition) is 4. The summed E-state index contributed by atoms with van der Waals surface area (Å²) >= 11 is 0. The zero-order valence-corrected chi connectivity index (χ0v) is 16.0. The summed E-state index contributed by atoms with van der Waals surface area (Å²) in [5.41, 5.74) is 6.05. The van der Waals surface area contributed by atoms with Crippen LogP contribution in [-0.2, 0) is 4.79 Å². The van der Waals surface area contributed by atoms with Crippen LogP contribution in [0.15, 0.2) is 24.3 Å². The number of urea groups is 1. The first-order valence-corrected chi connectivity index (χ1v) is 9.05. The third kappa shape index (κ3) is 7.55. The van der Waals surface area contributed by atoms with E-state index in [1.807, 2.05) is 39.8 Å². The highest BCUT2D eigenvalue weighted by molar-refractivity contribution is 5.98. The summed E-state index contributed by atoms with van der Waals surface area (Å²) in [5, 5.41) is 5.40. The monoisotopic (exact) mass is 362 g/mol. The lowest BCUT2D eigenvalue weighted by Gasteiger charge is -2.21. The molecule has 4 amide bonds. The molecule has 0 spiro atoms. The van der Waals surface area contributed by atoms with Gasteiger partial charge in [0.1, 0.15) is 6.04 Å². The Morgan fingerprint density at radius 1 is 1.08 bits per heavy atom. The molecule has 1 rings (SSSR count). The van der Waals surface area contributed by atoms with Gasteiger partial charge in [0.25, 0.3) is 11.8 Å². The molecule has 7 heteroatoms. The van der Waals surface area contributed by atoms with Crippen molar-refractivity contribution < 1.29 is 14.4 Å². The van der Waals surface area contributed by atoms with Crippen LogP contribution in [0.2, 0.25) is 0 Å². The Balaban J connectivity index is 2.65. The van der Waals surface area contributed by atoms with Crippen molar-refractivity contribution in [3.63, 3.8) is 0 Å². The van der Waals surface area contributed by atoms with Gasteiger partial charge in [0.15, 0.2) is 0 Å². The van der Waals surface area contributed by atoms with E-state index in [-0.39, 0.29) is 11.8 Å². The molecule has 0 bridgehead atoms. The molecule has 144 valence electrons. The van der Waals surface area contributed by atoms with Crippen LogP contribution in [0.3, 0.4) is 0 Å². The average molecular weight is 362 g/mol. The predicted molar refractivity (Wildman–Crippen MR) is 101 cm³/mol. The molecule has 1 unspecified atom stereocenters. The number of unbranched alkanes of at least 4 members (excludes halogenated alkanes) is 1. The molecule has 0 aromatic heterocycles. The van der Waals surface area contributed by atoms with Crippen LogP contribution in [0.1, 0.15) is 56.0 Å². The average Bonchev–Trinajstić information content (AvgIpc) is 2.59. The number of amides is 4. The molecule has 0 aliphatic rings. The van der Waals surface area contributed by atoms with Gasteiger partial charge in [-0.25, -0.2) is 10.2 Å². The highest BCUT2D eigenvalue weighted by Gasteiger charge is 2.23. The van der Waals surface area contributed by atoms with Gasteiger partial charge in [-0.15, -0.1) is 0 Å². The van der Waals surface area contributed by atoms with E-state index < -0.39 is 18.0 Å². The minimum atomic E-state index is -0.738. The van der Waals surface area contributed by atoms with Crippen molar-refractivity contribution in [2.45, 2.75) is 53.0 Å². The fourth-order valence-electron chi connectivity index (χ4n) is 2.39. The van der Waals surface area contributed by atoms with Crippen molar-refractivity contribution in [2.75, 3.05) is 6.54 Å². The zero-order valence-electron chi connectivity index (χ0n) is 16.0. The van der Waals surface area contributed by atoms with Gasteiger partial charge in [0, 0.05) is 12.1 Å². The summed E-state index contributed by atoms with van der Waals surface area (Å²) in [6.45, 7) is 8.33. The predicted octanol–water partition coefficient (Wildman–Crippen LogP) is 2.27. The third-order valence-corrected chi connectivity index (χ3v) is 3.83. The van der Waals surface area contributed by atoms with Gasteiger partial charge in [-0.3, -0.25) is 15.0 Å². The Bertz CT molecular complexity index is 617. The quantitative estimate of drug-likeness (QED) is 0.422. The van der Waals surface area contributed by atoms with Gasteiger partial charge < -0.3 is 10.6 Å². The lowest BCUT2D eigenvalue weighted by Crippen LogP contribution is -2.54. The number of nitrogens with one attached hydrogen (secondary N) is 4. The molecule has 0 aliphatic heterocycles. The molecule has 4 N–H and O–H groups in total. The van der Waals surface area contributed by atoms with Gasteiger partial charge >= 0.3 is 6.03 Å². The molecular weight excluding hydrogens is 332 g/mol. The van der Waals surface area contributed by atoms with Crippen LogP contribution in [-0.4, -0.2) is 30.4 Å². The van der Waals surface area contributed by atoms with Crippen LogP contribution < -0.4 is 21.5 Å². The van der Waals surface area contributed by atoms with Crippen molar-refractivity contribution in [3.8, 4) is 0 Å². The topological polar surface area (TPSA) is 99.3 Å². The minimum absolute atomic E-state index is 0.196. The second-order valence-corrected chi connectivity index (χ2v) is 6.69. The van der Waals surface area contributed by atoms with E-state index in [9.17, 15) is 14.4 Å². The maximum Gasteiger partial charge on any atom is 0.333 e. The van der Waals surface area contributed by atoms with Crippen LogP contribution in [0, 0.1) is 12.8 Å². The molecule has 0 fully saturated rings. The number of carbonyl (C=O) groups excluding carboxylic acids is 3. The number of hydrogen-bond acceptors (Lipinski definition) is 3. The van der Waals surface area contributed by atoms with E-state index in [1.165, 1.54) is 0 Å². The molecule has 26 heavy (non-hydrogen) atoms. The summed E-state index contributed by atoms with van der Waals surface area (Å²) in [6, 6.07) is 5.98. The molecule has 0 saturated carbocycles. The molecule has 0 radical (unpaired) electrons. The third-order valence-electron chi connectivity index (χ3n) is 3.83. The Kier molecular flexibility index (Phi) is 9.19. The lowest BCUT2D eigenvalue weighted by molar-refractivity contribution is -0.124. The van der Waals surface area contributed by atoms with Crippen molar-refractivity contribution in [1.82, 2.24) is 21.5 Å². The summed E-state index contributed by atoms with van der Waals surface area (Å²) in [4.78, 5) is 36.5. The van der Waals surface area contributed by atoms with E-state index >= 15 is 0 Å². The lowest BCUT2D eigenvalue weighted by atomic mass is 10.0. The molecular formula is C19H30N4O3. The Hall–Kier alpha value is -2.57. The van der Waals surface area contributed by atoms with E-state index in [0.29, 0.717) is 18.5 Å². The molecule has 7 nitrogen and oxygen atoms in total. The fourth-order valence-corrected chi connectivity index (χ4v) is 2.39. The molecule has 0 saturated heterocycles. The zero-order chi connectivity index (χ0) is 19.5. The highest BCUT2D eigenvalue weighted by Crippen LogP contribution is 2.10. The van der Waals surface area contributed by atoms with E-state index in [1.54, 1.807) is 12.1 Å². The first kappa shape index (κ1) is 21.5. The second kappa shape index (κ2) is 11.1. The van der Waals surface area contributed by atoms with Gasteiger partial charge in [-0.05, 0) is 37.3 Å². The van der Waals surface area contributed by atoms with Crippen molar-refractivity contribution in [2.24, 2.45) is 5.92 Å². The first-order valence-electron chi connectivity index (χ1n) is 9.05. The summed E-state index contributed by atoms with van der Waals surface area (Å²) < 4.78 is 0. The number of carbonyl (C=O) groups is 3. The molecule has 1 aromatic carbocycles. The molecule has 0 heterocycles. The summed E-state index contributed by atoms with van der Waals surface area (Å²) in [7, 11) is 0. The second-order valence-electron chi connectivity index (χ2n) is 6.69. The maximum atomic E-state index is 12.5. The van der Waals surface area contributed by atoms with Gasteiger partial charge in [0.2, 0.25) is 0 Å². The molecule has 1 atom stereocenters. The molecule has 1 aromatic rings. The highest BCUT2D eigenvalue weighted by atomic mass is 16.2. The van der Waals surface area contributed by atoms with Crippen molar-refractivity contribution in [3.05, 3.63) is 35.4 Å². The van der Waals surface area contributed by atoms with Crippen LogP contribution in [0.5, 0.6) is 0 Å². The number of rotatable bonds is 8. The normalized spacial score (nSPS) is 11.6. The summed E-state index contributed by atoms with van der Waals surface area (Å²) in [6.07, 6.45) is 2.29.